The number of para-hydroxylation sites is 1. The minimum Gasteiger partial charge on any atom is -0.507 e. The van der Waals surface area contributed by atoms with E-state index >= 15 is 0 Å². The Balaban J connectivity index is 1.76. The number of aliphatic hydroxyl groups excluding tert-OH is 1. The van der Waals surface area contributed by atoms with Crippen LogP contribution in [0.2, 0.25) is 0 Å². The van der Waals surface area contributed by atoms with Crippen molar-refractivity contribution < 1.29 is 28.9 Å². The van der Waals surface area contributed by atoms with E-state index in [0.717, 1.165) is 13.1 Å². The van der Waals surface area contributed by atoms with E-state index in [1.54, 1.807) is 44.6 Å². The molecule has 1 amide bonds. The third kappa shape index (κ3) is 4.58. The van der Waals surface area contributed by atoms with Crippen molar-refractivity contribution in [3.63, 3.8) is 0 Å². The van der Waals surface area contributed by atoms with Crippen LogP contribution in [-0.2, 0) is 14.3 Å². The summed E-state index contributed by atoms with van der Waals surface area (Å²) in [5.41, 5.74) is 1.13. The van der Waals surface area contributed by atoms with Crippen LogP contribution in [-0.4, -0.2) is 80.2 Å². The second-order valence-corrected chi connectivity index (χ2v) is 7.92. The summed E-state index contributed by atoms with van der Waals surface area (Å²) in [5, 5.41) is 11.2. The molecule has 2 fully saturated rings. The number of morpholine rings is 1. The van der Waals surface area contributed by atoms with E-state index < -0.39 is 17.7 Å². The summed E-state index contributed by atoms with van der Waals surface area (Å²) in [5.74, 6) is -0.392. The first-order valence-corrected chi connectivity index (χ1v) is 10.9. The number of aliphatic hydroxyl groups is 1. The predicted octanol–water partition coefficient (Wildman–Crippen LogP) is 2.46. The normalized spacial score (nSPS) is 20.8. The van der Waals surface area contributed by atoms with Gasteiger partial charge in [0.15, 0.2) is 0 Å². The standard InChI is InChI=1S/C25H28N2O6/c1-31-18-9-7-17(8-10-18)23(28)21-22(19-5-3-4-6-20(19)32-2)27(25(30)24(21)29)12-11-26-13-15-33-16-14-26/h3-10,22,28H,11-16H2,1-2H3/b23-21+/t22-/m0/s1. The fourth-order valence-electron chi connectivity index (χ4n) is 4.30. The lowest BCUT2D eigenvalue weighted by molar-refractivity contribution is -0.140. The molecule has 0 bridgehead atoms. The number of likely N-dealkylation sites (tertiary alicyclic amines) is 1. The number of methoxy groups -OCH3 is 2. The van der Waals surface area contributed by atoms with Crippen LogP contribution in [0.25, 0.3) is 5.76 Å². The Labute approximate surface area is 193 Å². The molecule has 1 atom stereocenters. The molecule has 4 rings (SSSR count). The average Bonchev–Trinajstić information content (AvgIpc) is 3.12. The van der Waals surface area contributed by atoms with E-state index in [0.29, 0.717) is 48.9 Å². The third-order valence-electron chi connectivity index (χ3n) is 6.10. The molecule has 8 nitrogen and oxygen atoms in total. The van der Waals surface area contributed by atoms with Crippen molar-refractivity contribution in [1.29, 1.82) is 0 Å². The highest BCUT2D eigenvalue weighted by Gasteiger charge is 2.47. The van der Waals surface area contributed by atoms with Crippen molar-refractivity contribution in [2.24, 2.45) is 0 Å². The number of hydrogen-bond acceptors (Lipinski definition) is 7. The zero-order valence-electron chi connectivity index (χ0n) is 18.8. The van der Waals surface area contributed by atoms with Gasteiger partial charge in [-0.3, -0.25) is 14.5 Å². The Morgan fingerprint density at radius 1 is 1.00 bits per heavy atom. The van der Waals surface area contributed by atoms with Gasteiger partial charge in [0.2, 0.25) is 0 Å². The fraction of sp³-hybridized carbons (Fsp3) is 0.360. The van der Waals surface area contributed by atoms with Gasteiger partial charge in [-0.1, -0.05) is 18.2 Å². The lowest BCUT2D eigenvalue weighted by Crippen LogP contribution is -2.42. The lowest BCUT2D eigenvalue weighted by atomic mass is 9.94. The maximum Gasteiger partial charge on any atom is 0.295 e. The van der Waals surface area contributed by atoms with E-state index in [9.17, 15) is 14.7 Å². The van der Waals surface area contributed by atoms with Gasteiger partial charge in [-0.25, -0.2) is 0 Å². The molecule has 0 unspecified atom stereocenters. The van der Waals surface area contributed by atoms with Crippen LogP contribution in [0.4, 0.5) is 0 Å². The highest BCUT2D eigenvalue weighted by molar-refractivity contribution is 6.46. The Morgan fingerprint density at radius 2 is 1.70 bits per heavy atom. The van der Waals surface area contributed by atoms with Crippen LogP contribution >= 0.6 is 0 Å². The molecule has 8 heteroatoms. The molecule has 2 heterocycles. The van der Waals surface area contributed by atoms with Crippen molar-refractivity contribution in [3.8, 4) is 11.5 Å². The molecule has 2 aliphatic rings. The van der Waals surface area contributed by atoms with Gasteiger partial charge in [-0.15, -0.1) is 0 Å². The van der Waals surface area contributed by atoms with Gasteiger partial charge in [0.1, 0.15) is 17.3 Å². The molecule has 0 spiro atoms. The van der Waals surface area contributed by atoms with Gasteiger partial charge in [-0.05, 0) is 30.3 Å². The molecular weight excluding hydrogens is 424 g/mol. The molecule has 33 heavy (non-hydrogen) atoms. The number of carbonyl (C=O) groups is 2. The van der Waals surface area contributed by atoms with Crippen LogP contribution in [0.1, 0.15) is 17.2 Å². The largest absolute Gasteiger partial charge is 0.507 e. The van der Waals surface area contributed by atoms with Crippen LogP contribution < -0.4 is 9.47 Å². The number of ether oxygens (including phenoxy) is 3. The summed E-state index contributed by atoms with van der Waals surface area (Å²) in [7, 11) is 3.10. The summed E-state index contributed by atoms with van der Waals surface area (Å²) in [4.78, 5) is 30.0. The first kappa shape index (κ1) is 22.8. The second kappa shape index (κ2) is 10.1. The number of ketones is 1. The smallest absolute Gasteiger partial charge is 0.295 e. The summed E-state index contributed by atoms with van der Waals surface area (Å²) < 4.78 is 16.1. The monoisotopic (exact) mass is 452 g/mol. The van der Waals surface area contributed by atoms with Crippen LogP contribution in [0.3, 0.4) is 0 Å². The van der Waals surface area contributed by atoms with Gasteiger partial charge in [-0.2, -0.15) is 0 Å². The third-order valence-corrected chi connectivity index (χ3v) is 6.10. The molecule has 0 aromatic heterocycles. The zero-order valence-corrected chi connectivity index (χ0v) is 18.8. The Morgan fingerprint density at radius 3 is 2.36 bits per heavy atom. The van der Waals surface area contributed by atoms with Crippen LogP contribution in [0, 0.1) is 0 Å². The van der Waals surface area contributed by atoms with E-state index in [1.807, 2.05) is 18.2 Å². The number of Topliss-reactive ketones (excluding diaryl/α,β-unsaturated/α-hetero) is 1. The summed E-state index contributed by atoms with van der Waals surface area (Å²) >= 11 is 0. The molecule has 0 saturated carbocycles. The highest BCUT2D eigenvalue weighted by Crippen LogP contribution is 2.42. The predicted molar refractivity (Wildman–Crippen MR) is 122 cm³/mol. The zero-order chi connectivity index (χ0) is 23.4. The van der Waals surface area contributed by atoms with Crippen molar-refractivity contribution >= 4 is 17.4 Å². The molecule has 2 aliphatic heterocycles. The molecule has 2 saturated heterocycles. The number of rotatable bonds is 7. The molecule has 0 aliphatic carbocycles. The number of amides is 1. The number of hydrogen-bond donors (Lipinski definition) is 1. The van der Waals surface area contributed by atoms with Crippen molar-refractivity contribution in [2.75, 3.05) is 53.6 Å². The lowest BCUT2D eigenvalue weighted by Gasteiger charge is -2.31. The van der Waals surface area contributed by atoms with E-state index in [1.165, 1.54) is 4.90 Å². The Kier molecular flexibility index (Phi) is 6.96. The maximum atomic E-state index is 13.2. The van der Waals surface area contributed by atoms with E-state index in [4.69, 9.17) is 14.2 Å². The summed E-state index contributed by atoms with van der Waals surface area (Å²) in [6.07, 6.45) is 0. The summed E-state index contributed by atoms with van der Waals surface area (Å²) in [6.45, 7) is 3.78. The van der Waals surface area contributed by atoms with Crippen molar-refractivity contribution in [1.82, 2.24) is 9.80 Å². The molecule has 2 aromatic carbocycles. The van der Waals surface area contributed by atoms with E-state index in [-0.39, 0.29) is 11.3 Å². The average molecular weight is 453 g/mol. The number of nitrogens with zero attached hydrogens (tertiary/aromatic N) is 2. The van der Waals surface area contributed by atoms with E-state index in [2.05, 4.69) is 4.90 Å². The molecule has 0 radical (unpaired) electrons. The van der Waals surface area contributed by atoms with Gasteiger partial charge < -0.3 is 24.2 Å². The first-order chi connectivity index (χ1) is 16.0. The second-order valence-electron chi connectivity index (χ2n) is 7.92. The maximum absolute atomic E-state index is 13.2. The molecule has 1 N–H and O–H groups in total. The Hall–Kier alpha value is -3.36. The minimum absolute atomic E-state index is 0.0524. The van der Waals surface area contributed by atoms with Gasteiger partial charge in [0.25, 0.3) is 11.7 Å². The quantitative estimate of drug-likeness (QED) is 0.392. The molecule has 174 valence electrons. The first-order valence-electron chi connectivity index (χ1n) is 10.9. The number of carbonyl (C=O) groups excluding carboxylic acids is 2. The van der Waals surface area contributed by atoms with Crippen molar-refractivity contribution in [3.05, 3.63) is 65.2 Å². The Bertz CT molecular complexity index is 1040. The molecular formula is C25H28N2O6. The number of benzene rings is 2. The van der Waals surface area contributed by atoms with Gasteiger partial charge in [0, 0.05) is 37.3 Å². The van der Waals surface area contributed by atoms with Crippen LogP contribution in [0.15, 0.2) is 54.1 Å². The topological polar surface area (TPSA) is 88.5 Å². The summed E-state index contributed by atoms with van der Waals surface area (Å²) in [6, 6.07) is 13.2. The minimum atomic E-state index is -0.760. The highest BCUT2D eigenvalue weighted by atomic mass is 16.5. The molecule has 2 aromatic rings. The SMILES string of the molecule is COc1ccc(/C(O)=C2\C(=O)C(=O)N(CCN3CCOCC3)[C@H]2c2ccccc2OC)cc1. The van der Waals surface area contributed by atoms with Crippen LogP contribution in [0.5, 0.6) is 11.5 Å². The van der Waals surface area contributed by atoms with Crippen molar-refractivity contribution in [2.45, 2.75) is 6.04 Å². The van der Waals surface area contributed by atoms with Gasteiger partial charge in [0.05, 0.1) is 39.0 Å². The fourth-order valence-corrected chi connectivity index (χ4v) is 4.30. The van der Waals surface area contributed by atoms with Gasteiger partial charge >= 0.3 is 0 Å².